The number of hydrogen-bond acceptors (Lipinski definition) is 3. The average Bonchev–Trinajstić information content (AvgIpc) is 2.97. The number of nitrogens with zero attached hydrogens (tertiary/aromatic N) is 2. The van der Waals surface area contributed by atoms with Crippen LogP contribution in [0.4, 0.5) is 4.39 Å². The second-order valence-electron chi connectivity index (χ2n) is 4.46. The van der Waals surface area contributed by atoms with Gasteiger partial charge in [0.1, 0.15) is 11.6 Å². The number of nitrogens with one attached hydrogen (secondary N) is 1. The van der Waals surface area contributed by atoms with E-state index in [-0.39, 0.29) is 11.9 Å². The molecule has 4 nitrogen and oxygen atoms in total. The van der Waals surface area contributed by atoms with Crippen molar-refractivity contribution in [3.05, 3.63) is 72.2 Å². The lowest BCUT2D eigenvalue weighted by Gasteiger charge is -2.08. The summed E-state index contributed by atoms with van der Waals surface area (Å²) in [6.07, 6.45) is 4.37. The number of benzene rings is 1. The largest absolute Gasteiger partial charge is 0.340 e. The van der Waals surface area contributed by atoms with Crippen molar-refractivity contribution in [2.24, 2.45) is 5.73 Å². The van der Waals surface area contributed by atoms with E-state index < -0.39 is 0 Å². The third-order valence-corrected chi connectivity index (χ3v) is 3.06. The Balaban J connectivity index is 1.91. The topological polar surface area (TPSA) is 67.6 Å². The van der Waals surface area contributed by atoms with Gasteiger partial charge in [-0.25, -0.2) is 9.37 Å². The van der Waals surface area contributed by atoms with Gasteiger partial charge < -0.3 is 10.7 Å². The van der Waals surface area contributed by atoms with E-state index in [4.69, 9.17) is 5.73 Å². The fraction of sp³-hybridized carbons (Fsp3) is 0.0667. The molecule has 0 saturated carbocycles. The number of aromatic nitrogens is 3. The molecule has 2 heterocycles. The fourth-order valence-corrected chi connectivity index (χ4v) is 2.02. The molecule has 3 N–H and O–H groups in total. The fourth-order valence-electron chi connectivity index (χ4n) is 2.02. The number of halogens is 1. The summed E-state index contributed by atoms with van der Waals surface area (Å²) in [7, 11) is 0. The van der Waals surface area contributed by atoms with E-state index in [0.29, 0.717) is 17.1 Å². The van der Waals surface area contributed by atoms with Crippen LogP contribution in [0, 0.1) is 5.82 Å². The van der Waals surface area contributed by atoms with Crippen molar-refractivity contribution in [2.75, 3.05) is 0 Å². The molecular formula is C15H13FN4. The number of hydrogen-bond donors (Lipinski definition) is 2. The molecule has 1 aromatic carbocycles. The standard InChI is InChI=1S/C15H13FN4/c16-12-6-11(7-18-8-12)13-9-19-15(20-13)14(17)10-4-2-1-3-5-10/h1-9,14H,17H2,(H,19,20). The Bertz CT molecular complexity index is 709. The number of aromatic amines is 1. The van der Waals surface area contributed by atoms with Crippen molar-refractivity contribution in [3.63, 3.8) is 0 Å². The summed E-state index contributed by atoms with van der Waals surface area (Å²) >= 11 is 0. The predicted octanol–water partition coefficient (Wildman–Crippen LogP) is 2.66. The van der Waals surface area contributed by atoms with E-state index in [9.17, 15) is 4.39 Å². The van der Waals surface area contributed by atoms with Gasteiger partial charge in [0.25, 0.3) is 0 Å². The number of imidazole rings is 1. The molecule has 0 aliphatic rings. The zero-order valence-corrected chi connectivity index (χ0v) is 10.6. The molecule has 1 atom stereocenters. The summed E-state index contributed by atoms with van der Waals surface area (Å²) in [5.41, 5.74) is 8.45. The SMILES string of the molecule is NC(c1ccccc1)c1ncc(-c2cncc(F)c2)[nH]1. The highest BCUT2D eigenvalue weighted by molar-refractivity contribution is 5.57. The minimum absolute atomic E-state index is 0.341. The monoisotopic (exact) mass is 268 g/mol. The van der Waals surface area contributed by atoms with E-state index in [0.717, 1.165) is 11.8 Å². The molecule has 5 heteroatoms. The van der Waals surface area contributed by atoms with Gasteiger partial charge in [-0.05, 0) is 11.6 Å². The molecule has 0 spiro atoms. The van der Waals surface area contributed by atoms with Gasteiger partial charge in [0.05, 0.1) is 24.1 Å². The molecule has 3 rings (SSSR count). The van der Waals surface area contributed by atoms with Crippen LogP contribution in [-0.4, -0.2) is 15.0 Å². The van der Waals surface area contributed by atoms with Crippen LogP contribution in [0.25, 0.3) is 11.3 Å². The van der Waals surface area contributed by atoms with Crippen LogP contribution < -0.4 is 5.73 Å². The maximum atomic E-state index is 13.2. The van der Waals surface area contributed by atoms with Gasteiger partial charge in [-0.15, -0.1) is 0 Å². The zero-order chi connectivity index (χ0) is 13.9. The molecule has 0 radical (unpaired) electrons. The van der Waals surface area contributed by atoms with Crippen LogP contribution in [0.15, 0.2) is 55.0 Å². The first-order chi connectivity index (χ1) is 9.74. The number of H-pyrrole nitrogens is 1. The van der Waals surface area contributed by atoms with Gasteiger partial charge in [0.15, 0.2) is 0 Å². The second kappa shape index (κ2) is 5.22. The third kappa shape index (κ3) is 2.44. The van der Waals surface area contributed by atoms with Crippen LogP contribution >= 0.6 is 0 Å². The number of pyridine rings is 1. The Morgan fingerprint density at radius 3 is 2.65 bits per heavy atom. The zero-order valence-electron chi connectivity index (χ0n) is 10.6. The number of nitrogens with two attached hydrogens (primary N) is 1. The summed E-state index contributed by atoms with van der Waals surface area (Å²) in [6, 6.07) is 10.7. The van der Waals surface area contributed by atoms with Gasteiger partial charge in [0.2, 0.25) is 0 Å². The van der Waals surface area contributed by atoms with E-state index in [2.05, 4.69) is 15.0 Å². The summed E-state index contributed by atoms with van der Waals surface area (Å²) in [5, 5.41) is 0. The molecule has 20 heavy (non-hydrogen) atoms. The lowest BCUT2D eigenvalue weighted by molar-refractivity contribution is 0.622. The van der Waals surface area contributed by atoms with E-state index in [1.54, 1.807) is 12.4 Å². The highest BCUT2D eigenvalue weighted by atomic mass is 19.1. The van der Waals surface area contributed by atoms with Gasteiger partial charge in [-0.2, -0.15) is 0 Å². The smallest absolute Gasteiger partial charge is 0.142 e. The molecule has 0 aliphatic heterocycles. The van der Waals surface area contributed by atoms with Gasteiger partial charge >= 0.3 is 0 Å². The molecule has 1 unspecified atom stereocenters. The minimum atomic E-state index is -0.383. The molecule has 100 valence electrons. The van der Waals surface area contributed by atoms with Crippen LogP contribution in [-0.2, 0) is 0 Å². The highest BCUT2D eigenvalue weighted by Crippen LogP contribution is 2.21. The summed E-state index contributed by atoms with van der Waals surface area (Å²) < 4.78 is 13.2. The van der Waals surface area contributed by atoms with Crippen LogP contribution in [0.3, 0.4) is 0 Å². The van der Waals surface area contributed by atoms with E-state index >= 15 is 0 Å². The minimum Gasteiger partial charge on any atom is -0.340 e. The Morgan fingerprint density at radius 1 is 1.10 bits per heavy atom. The van der Waals surface area contributed by atoms with Crippen molar-refractivity contribution < 1.29 is 4.39 Å². The predicted molar refractivity (Wildman–Crippen MR) is 74.2 cm³/mol. The normalized spacial score (nSPS) is 12.3. The van der Waals surface area contributed by atoms with Crippen molar-refractivity contribution in [1.82, 2.24) is 15.0 Å². The van der Waals surface area contributed by atoms with E-state index in [1.165, 1.54) is 6.07 Å². The van der Waals surface area contributed by atoms with Crippen LogP contribution in [0.2, 0.25) is 0 Å². The summed E-state index contributed by atoms with van der Waals surface area (Å²) in [5.74, 6) is 0.251. The third-order valence-electron chi connectivity index (χ3n) is 3.06. The Labute approximate surface area is 115 Å². The Morgan fingerprint density at radius 2 is 1.90 bits per heavy atom. The first-order valence-electron chi connectivity index (χ1n) is 6.20. The molecule has 0 bridgehead atoms. The molecule has 0 amide bonds. The summed E-state index contributed by atoms with van der Waals surface area (Å²) in [4.78, 5) is 11.2. The Kier molecular flexibility index (Phi) is 3.26. The highest BCUT2D eigenvalue weighted by Gasteiger charge is 2.13. The van der Waals surface area contributed by atoms with Crippen LogP contribution in [0.1, 0.15) is 17.4 Å². The molecule has 2 aromatic heterocycles. The molecule has 3 aromatic rings. The van der Waals surface area contributed by atoms with Crippen LogP contribution in [0.5, 0.6) is 0 Å². The quantitative estimate of drug-likeness (QED) is 0.767. The van der Waals surface area contributed by atoms with Crippen molar-refractivity contribution in [1.29, 1.82) is 0 Å². The maximum Gasteiger partial charge on any atom is 0.142 e. The molecular weight excluding hydrogens is 255 g/mol. The first kappa shape index (κ1) is 12.5. The molecule has 0 fully saturated rings. The molecule has 0 aliphatic carbocycles. The average molecular weight is 268 g/mol. The van der Waals surface area contributed by atoms with Crippen molar-refractivity contribution in [2.45, 2.75) is 6.04 Å². The summed E-state index contributed by atoms with van der Waals surface area (Å²) in [6.45, 7) is 0. The van der Waals surface area contributed by atoms with Crippen molar-refractivity contribution in [3.8, 4) is 11.3 Å². The second-order valence-corrected chi connectivity index (χ2v) is 4.46. The Hall–Kier alpha value is -2.53. The van der Waals surface area contributed by atoms with E-state index in [1.807, 2.05) is 30.3 Å². The first-order valence-corrected chi connectivity index (χ1v) is 6.20. The lowest BCUT2D eigenvalue weighted by atomic mass is 10.1. The van der Waals surface area contributed by atoms with Gasteiger partial charge in [-0.3, -0.25) is 4.98 Å². The lowest BCUT2D eigenvalue weighted by Crippen LogP contribution is -2.13. The van der Waals surface area contributed by atoms with Gasteiger partial charge in [0, 0.05) is 11.8 Å². The number of rotatable bonds is 3. The van der Waals surface area contributed by atoms with Gasteiger partial charge in [-0.1, -0.05) is 30.3 Å². The van der Waals surface area contributed by atoms with Crippen molar-refractivity contribution >= 4 is 0 Å². The molecule has 0 saturated heterocycles. The maximum absolute atomic E-state index is 13.2.